The zero-order valence-corrected chi connectivity index (χ0v) is 57.8. The number of piperazine rings is 1. The summed E-state index contributed by atoms with van der Waals surface area (Å²) >= 11 is 8.51. The second-order valence-corrected chi connectivity index (χ2v) is 26.0. The summed E-state index contributed by atoms with van der Waals surface area (Å²) in [6.07, 6.45) is 0.266. The van der Waals surface area contributed by atoms with Crippen LogP contribution in [0.1, 0.15) is 60.3 Å². The molecular formula is C77H73ClFN9O12S. The molecule has 4 heterocycles. The van der Waals surface area contributed by atoms with Gasteiger partial charge < -0.3 is 49.1 Å². The fourth-order valence-electron chi connectivity index (χ4n) is 12.7. The molecule has 10 aromatic rings. The van der Waals surface area contributed by atoms with Crippen LogP contribution in [0.15, 0.2) is 176 Å². The number of benzene rings is 7. The van der Waals surface area contributed by atoms with E-state index in [2.05, 4.69) is 30.5 Å². The van der Waals surface area contributed by atoms with Crippen LogP contribution >= 0.6 is 22.9 Å². The van der Waals surface area contributed by atoms with Gasteiger partial charge in [-0.05, 0) is 124 Å². The van der Waals surface area contributed by atoms with Crippen LogP contribution in [-0.4, -0.2) is 141 Å². The van der Waals surface area contributed by atoms with E-state index in [1.54, 1.807) is 97.9 Å². The van der Waals surface area contributed by atoms with E-state index in [0.717, 1.165) is 27.8 Å². The molecule has 0 bridgehead atoms. The number of thiophene rings is 1. The zero-order valence-electron chi connectivity index (χ0n) is 56.2. The van der Waals surface area contributed by atoms with Gasteiger partial charge in [-0.15, -0.1) is 11.3 Å². The lowest BCUT2D eigenvalue weighted by atomic mass is 9.95. The van der Waals surface area contributed by atoms with Gasteiger partial charge in [-0.2, -0.15) is 0 Å². The van der Waals surface area contributed by atoms with Crippen molar-refractivity contribution >= 4 is 68.8 Å². The number of anilines is 1. The monoisotopic (exact) mass is 1400 g/mol. The van der Waals surface area contributed by atoms with Gasteiger partial charge in [-0.1, -0.05) is 135 Å². The number of halogens is 2. The summed E-state index contributed by atoms with van der Waals surface area (Å²) in [6, 6.07) is 45.8. The second kappa shape index (κ2) is 31.5. The van der Waals surface area contributed by atoms with Crippen LogP contribution in [0.3, 0.4) is 0 Å². The van der Waals surface area contributed by atoms with E-state index in [9.17, 15) is 33.5 Å². The maximum atomic E-state index is 14.5. The molecule has 24 heteroatoms. The standard InChI is InChI=1S/C77H73ClFN9O12S/c1-45(2)67(88(77(94)96-6)68-57-18-10-8-16-55(57)56-17-9-11-19-58(56)68)72(90)83-47(4)71(89)85-52-29-23-48(24-30-52)42-99-76(93)87-37-35-86(36-38-87)39-40-97-62-32-31-54(46(3)66(62)78)64-65-73(81-44-82-74(65)101-69(64)49-25-27-51(79)28-26-49)100-63(75(91)92)41-50-15-7-13-21-60(50)98-43-53-33-34-80-70(84-53)59-20-12-14-22-61(59)95-5/h7-34,44-45,47,63,67-68H,35-43H2,1-6H3,(H,83,90)(H,85,89)(H,91,92)/t47-,63+,67-/m0/s1. The Morgan fingerprint density at radius 2 is 1.40 bits per heavy atom. The highest BCUT2D eigenvalue weighted by molar-refractivity contribution is 7.22. The third-order valence-corrected chi connectivity index (χ3v) is 19.4. The Balaban J connectivity index is 0.641. The van der Waals surface area contributed by atoms with E-state index in [0.29, 0.717) is 121 Å². The Bertz CT molecular complexity index is 4640. The van der Waals surface area contributed by atoms with Crippen LogP contribution in [0.25, 0.3) is 54.3 Å². The largest absolute Gasteiger partial charge is 0.496 e. The smallest absolute Gasteiger partial charge is 0.410 e. The first kappa shape index (κ1) is 69.9. The molecule has 3 atom stereocenters. The molecule has 21 nitrogen and oxygen atoms in total. The molecule has 1 saturated heterocycles. The highest BCUT2D eigenvalue weighted by Gasteiger charge is 2.44. The van der Waals surface area contributed by atoms with Gasteiger partial charge in [0, 0.05) is 61.5 Å². The molecule has 0 saturated carbocycles. The molecule has 101 heavy (non-hydrogen) atoms. The number of rotatable bonds is 25. The highest BCUT2D eigenvalue weighted by Crippen LogP contribution is 2.51. The number of aliphatic carboxylic acids is 1. The predicted molar refractivity (Wildman–Crippen MR) is 382 cm³/mol. The summed E-state index contributed by atoms with van der Waals surface area (Å²) in [6.45, 7) is 9.94. The molecule has 1 fully saturated rings. The number of fused-ring (bicyclic) bond motifs is 4. The highest BCUT2D eigenvalue weighted by atomic mass is 35.5. The summed E-state index contributed by atoms with van der Waals surface area (Å²) < 4.78 is 50.1. The van der Waals surface area contributed by atoms with Crippen molar-refractivity contribution in [3.05, 3.63) is 221 Å². The summed E-state index contributed by atoms with van der Waals surface area (Å²) in [7, 11) is 2.87. The number of carbonyl (C=O) groups excluding carboxylic acids is 4. The number of methoxy groups -OCH3 is 2. The zero-order chi connectivity index (χ0) is 70.8. The lowest BCUT2D eigenvalue weighted by molar-refractivity contribution is -0.145. The third kappa shape index (κ3) is 15.6. The van der Waals surface area contributed by atoms with Crippen molar-refractivity contribution in [3.8, 4) is 67.2 Å². The van der Waals surface area contributed by atoms with E-state index in [4.69, 9.17) is 45.0 Å². The summed E-state index contributed by atoms with van der Waals surface area (Å²) in [5.41, 5.74) is 9.29. The molecule has 12 rings (SSSR count). The SMILES string of the molecule is COC(=O)N(C1c2ccccc2-c2ccccc21)[C@H](C(=O)N[C@@H](C)C(=O)Nc1ccc(COC(=O)N2CCN(CCOc3ccc(-c4c(-c5ccc(F)cc5)sc5ncnc(O[C@H](Cc6ccccc6OCc6ccnc(-c7ccccc7OC)n6)C(=O)O)c45)c(C)c3Cl)CC2)cc1)C(C)C. The Labute approximate surface area is 591 Å². The third-order valence-electron chi connectivity index (χ3n) is 17.8. The van der Waals surface area contributed by atoms with Crippen molar-refractivity contribution in [2.75, 3.05) is 58.9 Å². The average molecular weight is 1400 g/mol. The van der Waals surface area contributed by atoms with Gasteiger partial charge in [0.2, 0.25) is 23.8 Å². The number of hydrogen-bond donors (Lipinski definition) is 3. The number of nitrogens with one attached hydrogen (secondary N) is 2. The molecule has 3 N–H and O–H groups in total. The van der Waals surface area contributed by atoms with Crippen molar-refractivity contribution in [1.82, 2.24) is 40.0 Å². The quantitative estimate of drug-likeness (QED) is 0.0481. The number of carboxylic acid groups (broad SMARTS) is 1. The van der Waals surface area contributed by atoms with Crippen molar-refractivity contribution in [3.63, 3.8) is 0 Å². The van der Waals surface area contributed by atoms with Crippen LogP contribution in [0, 0.1) is 18.7 Å². The molecule has 0 radical (unpaired) electrons. The van der Waals surface area contributed by atoms with Gasteiger partial charge in [-0.3, -0.25) is 19.4 Å². The minimum Gasteiger partial charge on any atom is -0.496 e. The summed E-state index contributed by atoms with van der Waals surface area (Å²) in [5.74, 6) is -1.05. The maximum Gasteiger partial charge on any atom is 0.410 e. The Kier molecular flexibility index (Phi) is 21.8. The fourth-order valence-corrected chi connectivity index (χ4v) is 14.0. The number of carboxylic acids is 1. The fraction of sp³-hybridized carbons (Fsp3) is 0.260. The van der Waals surface area contributed by atoms with Gasteiger partial charge in [0.1, 0.15) is 66.1 Å². The van der Waals surface area contributed by atoms with E-state index in [-0.39, 0.29) is 38.0 Å². The van der Waals surface area contributed by atoms with Crippen LogP contribution in [0.4, 0.5) is 19.7 Å². The molecule has 1 aliphatic carbocycles. The van der Waals surface area contributed by atoms with Crippen molar-refractivity contribution < 1.29 is 61.9 Å². The topological polar surface area (TPSA) is 246 Å². The number of carbonyl (C=O) groups is 5. The maximum absolute atomic E-state index is 14.5. The van der Waals surface area contributed by atoms with Crippen LogP contribution < -0.4 is 29.6 Å². The number of aromatic nitrogens is 4. The molecule has 0 unspecified atom stereocenters. The van der Waals surface area contributed by atoms with E-state index in [1.165, 1.54) is 41.8 Å². The lowest BCUT2D eigenvalue weighted by Gasteiger charge is -2.37. The van der Waals surface area contributed by atoms with Crippen molar-refractivity contribution in [2.24, 2.45) is 5.92 Å². The van der Waals surface area contributed by atoms with E-state index < -0.39 is 60.0 Å². The number of nitrogens with zero attached hydrogens (tertiary/aromatic N) is 7. The van der Waals surface area contributed by atoms with Crippen molar-refractivity contribution in [1.29, 1.82) is 0 Å². The molecule has 1 aliphatic heterocycles. The normalized spacial score (nSPS) is 13.7. The number of amides is 4. The van der Waals surface area contributed by atoms with E-state index in [1.807, 2.05) is 99.6 Å². The predicted octanol–water partition coefficient (Wildman–Crippen LogP) is 13.9. The van der Waals surface area contributed by atoms with Crippen LogP contribution in [0.2, 0.25) is 5.02 Å². The lowest BCUT2D eigenvalue weighted by Crippen LogP contribution is -2.56. The first-order valence-electron chi connectivity index (χ1n) is 32.9. The van der Waals surface area contributed by atoms with Crippen molar-refractivity contribution in [2.45, 2.75) is 71.6 Å². The molecule has 2 aliphatic rings. The van der Waals surface area contributed by atoms with E-state index >= 15 is 0 Å². The Morgan fingerprint density at radius 3 is 2.08 bits per heavy atom. The first-order chi connectivity index (χ1) is 49.0. The molecule has 0 spiro atoms. The van der Waals surface area contributed by atoms with Crippen LogP contribution in [0.5, 0.6) is 23.1 Å². The number of para-hydroxylation sites is 2. The minimum atomic E-state index is -1.45. The number of ether oxygens (including phenoxy) is 6. The summed E-state index contributed by atoms with van der Waals surface area (Å²) in [5, 5.41) is 17.2. The molecule has 7 aromatic carbocycles. The molecule has 4 amide bonds. The minimum absolute atomic E-state index is 0.00598. The van der Waals surface area contributed by atoms with Crippen LogP contribution in [-0.2, 0) is 43.5 Å². The molecular weight excluding hydrogens is 1330 g/mol. The van der Waals surface area contributed by atoms with Gasteiger partial charge >= 0.3 is 18.2 Å². The first-order valence-corrected chi connectivity index (χ1v) is 34.1. The Hall–Kier alpha value is -11.0. The van der Waals surface area contributed by atoms with Gasteiger partial charge in [0.25, 0.3) is 0 Å². The average Bonchev–Trinajstić information content (AvgIpc) is 1.61. The van der Waals surface area contributed by atoms with Gasteiger partial charge in [0.05, 0.1) is 41.9 Å². The second-order valence-electron chi connectivity index (χ2n) is 24.6. The Morgan fingerprint density at radius 1 is 0.723 bits per heavy atom. The summed E-state index contributed by atoms with van der Waals surface area (Å²) in [4.78, 5) is 92.8. The molecule has 518 valence electrons. The molecule has 3 aromatic heterocycles. The van der Waals surface area contributed by atoms with Gasteiger partial charge in [0.15, 0.2) is 5.82 Å². The number of hydrogen-bond acceptors (Lipinski definition) is 17. The van der Waals surface area contributed by atoms with Gasteiger partial charge in [-0.25, -0.2) is 38.7 Å².